The van der Waals surface area contributed by atoms with Crippen molar-refractivity contribution in [3.8, 4) is 6.07 Å². The lowest BCUT2D eigenvalue weighted by molar-refractivity contribution is -0.141. The Morgan fingerprint density at radius 3 is 2.42 bits per heavy atom. The van der Waals surface area contributed by atoms with E-state index >= 15 is 0 Å². The number of carbonyl (C=O) groups excluding carboxylic acids is 4. The molecule has 0 aromatic heterocycles. The predicted octanol–water partition coefficient (Wildman–Crippen LogP) is 1.37. The molecule has 1 aromatic rings. The SMILES string of the molecule is CC(NC(=O)C1CC1(C)C)C(=O)N(C)CC(=O)N1CC(C(=O)Nc2ccccc2)CC1C#N. The lowest BCUT2D eigenvalue weighted by Gasteiger charge is -2.26. The molecule has 4 amide bonds. The van der Waals surface area contributed by atoms with E-state index < -0.39 is 23.9 Å². The van der Waals surface area contributed by atoms with E-state index in [4.69, 9.17) is 0 Å². The zero-order valence-corrected chi connectivity index (χ0v) is 19.5. The van der Waals surface area contributed by atoms with Crippen molar-refractivity contribution in [1.82, 2.24) is 15.1 Å². The van der Waals surface area contributed by atoms with Crippen LogP contribution in [0, 0.1) is 28.6 Å². The molecule has 4 unspecified atom stereocenters. The van der Waals surface area contributed by atoms with Crippen molar-refractivity contribution < 1.29 is 19.2 Å². The third-order valence-electron chi connectivity index (χ3n) is 6.49. The number of carbonyl (C=O) groups is 4. The average Bonchev–Trinajstić information content (AvgIpc) is 3.21. The minimum atomic E-state index is -0.763. The van der Waals surface area contributed by atoms with Gasteiger partial charge < -0.3 is 20.4 Å². The van der Waals surface area contributed by atoms with Crippen molar-refractivity contribution in [2.24, 2.45) is 17.3 Å². The van der Waals surface area contributed by atoms with Crippen LogP contribution in [0.5, 0.6) is 0 Å². The molecule has 1 aliphatic carbocycles. The normalized spacial score (nSPS) is 23.7. The fraction of sp³-hybridized carbons (Fsp3) is 0.542. The molecule has 1 saturated carbocycles. The number of nitrogens with zero attached hydrogens (tertiary/aromatic N) is 3. The van der Waals surface area contributed by atoms with E-state index in [9.17, 15) is 24.4 Å². The van der Waals surface area contributed by atoms with E-state index in [1.54, 1.807) is 31.2 Å². The van der Waals surface area contributed by atoms with Crippen molar-refractivity contribution in [3.05, 3.63) is 30.3 Å². The predicted molar refractivity (Wildman–Crippen MR) is 121 cm³/mol. The molecule has 2 N–H and O–H groups in total. The average molecular weight is 454 g/mol. The summed E-state index contributed by atoms with van der Waals surface area (Å²) in [5.41, 5.74) is 0.608. The van der Waals surface area contributed by atoms with Gasteiger partial charge in [0.2, 0.25) is 23.6 Å². The summed E-state index contributed by atoms with van der Waals surface area (Å²) in [5, 5.41) is 15.0. The van der Waals surface area contributed by atoms with Crippen LogP contribution in [0.3, 0.4) is 0 Å². The van der Waals surface area contributed by atoms with Crippen LogP contribution in [0.2, 0.25) is 0 Å². The highest BCUT2D eigenvalue weighted by molar-refractivity contribution is 5.94. The molecule has 33 heavy (non-hydrogen) atoms. The Balaban J connectivity index is 1.53. The summed E-state index contributed by atoms with van der Waals surface area (Å²) in [5.74, 6) is -1.81. The number of para-hydroxylation sites is 1. The number of anilines is 1. The van der Waals surface area contributed by atoms with Crippen LogP contribution in [0.15, 0.2) is 30.3 Å². The molecule has 176 valence electrons. The van der Waals surface area contributed by atoms with Crippen LogP contribution in [-0.4, -0.2) is 65.6 Å². The molecule has 1 aliphatic heterocycles. The molecule has 2 aliphatic rings. The number of amides is 4. The molecular formula is C24H31N5O4. The van der Waals surface area contributed by atoms with Crippen LogP contribution >= 0.6 is 0 Å². The number of nitrogens with one attached hydrogen (secondary N) is 2. The van der Waals surface area contributed by atoms with Gasteiger partial charge in [-0.25, -0.2) is 0 Å². The molecule has 0 bridgehead atoms. The molecule has 1 saturated heterocycles. The molecule has 0 spiro atoms. The van der Waals surface area contributed by atoms with E-state index in [2.05, 4.69) is 16.7 Å². The van der Waals surface area contributed by atoms with Gasteiger partial charge in [0.15, 0.2) is 0 Å². The first kappa shape index (κ1) is 24.2. The first-order valence-electron chi connectivity index (χ1n) is 11.1. The highest BCUT2D eigenvalue weighted by Gasteiger charge is 2.51. The van der Waals surface area contributed by atoms with Gasteiger partial charge in [-0.2, -0.15) is 5.26 Å². The molecule has 1 heterocycles. The number of rotatable bonds is 7. The second-order valence-electron chi connectivity index (χ2n) is 9.65. The van der Waals surface area contributed by atoms with Crippen molar-refractivity contribution in [3.63, 3.8) is 0 Å². The van der Waals surface area contributed by atoms with Gasteiger partial charge in [-0.3, -0.25) is 19.2 Å². The zero-order valence-electron chi connectivity index (χ0n) is 19.5. The van der Waals surface area contributed by atoms with Crippen LogP contribution in [0.25, 0.3) is 0 Å². The Kier molecular flexibility index (Phi) is 7.06. The summed E-state index contributed by atoms with van der Waals surface area (Å²) in [6.45, 7) is 5.47. The molecule has 0 radical (unpaired) electrons. The van der Waals surface area contributed by atoms with E-state index in [1.807, 2.05) is 19.9 Å². The summed E-state index contributed by atoms with van der Waals surface area (Å²) >= 11 is 0. The van der Waals surface area contributed by atoms with E-state index in [1.165, 1.54) is 16.8 Å². The van der Waals surface area contributed by atoms with Gasteiger partial charge in [-0.15, -0.1) is 0 Å². The summed E-state index contributed by atoms with van der Waals surface area (Å²) < 4.78 is 0. The zero-order chi connectivity index (χ0) is 24.3. The Labute approximate surface area is 194 Å². The summed E-state index contributed by atoms with van der Waals surface area (Å²) in [7, 11) is 1.49. The van der Waals surface area contributed by atoms with Gasteiger partial charge in [0.05, 0.1) is 18.5 Å². The van der Waals surface area contributed by atoms with Crippen molar-refractivity contribution in [2.45, 2.75) is 45.7 Å². The Morgan fingerprint density at radius 1 is 1.21 bits per heavy atom. The van der Waals surface area contributed by atoms with Gasteiger partial charge in [0.1, 0.15) is 12.1 Å². The van der Waals surface area contributed by atoms with Gasteiger partial charge >= 0.3 is 0 Å². The number of benzene rings is 1. The Morgan fingerprint density at radius 2 is 1.85 bits per heavy atom. The first-order valence-corrected chi connectivity index (χ1v) is 11.1. The largest absolute Gasteiger partial charge is 0.344 e. The molecule has 2 fully saturated rings. The smallest absolute Gasteiger partial charge is 0.245 e. The molecule has 9 nitrogen and oxygen atoms in total. The lowest BCUT2D eigenvalue weighted by atomic mass is 10.1. The lowest BCUT2D eigenvalue weighted by Crippen LogP contribution is -2.50. The van der Waals surface area contributed by atoms with Crippen LogP contribution < -0.4 is 10.6 Å². The quantitative estimate of drug-likeness (QED) is 0.646. The Bertz CT molecular complexity index is 971. The fourth-order valence-corrected chi connectivity index (χ4v) is 4.18. The van der Waals surface area contributed by atoms with Gasteiger partial charge in [-0.1, -0.05) is 32.0 Å². The number of hydrogen-bond donors (Lipinski definition) is 2. The maximum Gasteiger partial charge on any atom is 0.245 e. The highest BCUT2D eigenvalue weighted by atomic mass is 16.2. The van der Waals surface area contributed by atoms with E-state index in [0.29, 0.717) is 5.69 Å². The third-order valence-corrected chi connectivity index (χ3v) is 6.49. The topological polar surface area (TPSA) is 123 Å². The van der Waals surface area contributed by atoms with Gasteiger partial charge in [-0.05, 0) is 37.3 Å². The summed E-state index contributed by atoms with van der Waals surface area (Å²) in [4.78, 5) is 53.0. The fourth-order valence-electron chi connectivity index (χ4n) is 4.18. The maximum absolute atomic E-state index is 12.9. The monoisotopic (exact) mass is 453 g/mol. The summed E-state index contributed by atoms with van der Waals surface area (Å²) in [6.07, 6.45) is 1.03. The highest BCUT2D eigenvalue weighted by Crippen LogP contribution is 2.51. The van der Waals surface area contributed by atoms with Crippen molar-refractivity contribution >= 4 is 29.3 Å². The molecular weight excluding hydrogens is 422 g/mol. The van der Waals surface area contributed by atoms with Gasteiger partial charge in [0, 0.05) is 25.2 Å². The maximum atomic E-state index is 12.9. The van der Waals surface area contributed by atoms with Crippen LogP contribution in [0.1, 0.15) is 33.6 Å². The van der Waals surface area contributed by atoms with Crippen molar-refractivity contribution in [2.75, 3.05) is 25.5 Å². The van der Waals surface area contributed by atoms with Crippen LogP contribution in [-0.2, 0) is 19.2 Å². The number of likely N-dealkylation sites (N-methyl/N-ethyl adjacent to an activating group) is 1. The molecule has 1 aromatic carbocycles. The molecule has 9 heteroatoms. The minimum Gasteiger partial charge on any atom is -0.344 e. The number of nitriles is 1. The Hall–Kier alpha value is -3.41. The summed E-state index contributed by atoms with van der Waals surface area (Å²) in [6, 6.07) is 9.57. The first-order chi connectivity index (χ1) is 15.5. The van der Waals surface area contributed by atoms with Crippen molar-refractivity contribution in [1.29, 1.82) is 5.26 Å². The number of hydrogen-bond acceptors (Lipinski definition) is 5. The third kappa shape index (κ3) is 5.69. The second kappa shape index (κ2) is 9.61. The van der Waals surface area contributed by atoms with E-state index in [-0.39, 0.29) is 48.6 Å². The van der Waals surface area contributed by atoms with Gasteiger partial charge in [0.25, 0.3) is 0 Å². The second-order valence-corrected chi connectivity index (χ2v) is 9.65. The minimum absolute atomic E-state index is 0.0415. The molecule has 4 atom stereocenters. The standard InChI is InChI=1S/C24H31N5O4/c1-15(26-22(32)19-11-24(19,2)3)23(33)28(4)14-20(30)29-13-16(10-18(29)12-25)21(31)27-17-8-6-5-7-9-17/h5-9,15-16,18-19H,10-11,13-14H2,1-4H3,(H,26,32)(H,27,31). The number of likely N-dealkylation sites (tertiary alicyclic amines) is 1. The molecule has 3 rings (SSSR count). The van der Waals surface area contributed by atoms with Crippen LogP contribution in [0.4, 0.5) is 5.69 Å². The van der Waals surface area contributed by atoms with E-state index in [0.717, 1.165) is 6.42 Å².